The van der Waals surface area contributed by atoms with Crippen molar-refractivity contribution in [3.8, 4) is 6.07 Å². The van der Waals surface area contributed by atoms with Crippen LogP contribution in [0.1, 0.15) is 33.2 Å². The molecule has 0 aromatic heterocycles. The van der Waals surface area contributed by atoms with Crippen molar-refractivity contribution in [1.29, 1.82) is 5.26 Å². The van der Waals surface area contributed by atoms with E-state index >= 15 is 0 Å². The van der Waals surface area contributed by atoms with Crippen molar-refractivity contribution in [3.63, 3.8) is 0 Å². The zero-order valence-electron chi connectivity index (χ0n) is 7.07. The Morgan fingerprint density at radius 3 is 2.69 bits per heavy atom. The summed E-state index contributed by atoms with van der Waals surface area (Å²) in [5.41, 5.74) is 1.01. The number of nitriles is 1. The van der Waals surface area contributed by atoms with Gasteiger partial charge >= 0.3 is 0 Å². The standard InChI is InChI=1S/C10H7NO2/c1-7(13)10-3-2-8(6-12)4-9(10)5-11/h2-4,6H,1H3. The molecular formula is C10H7NO2. The van der Waals surface area contributed by atoms with E-state index in [2.05, 4.69) is 0 Å². The van der Waals surface area contributed by atoms with Gasteiger partial charge in [0, 0.05) is 11.1 Å². The van der Waals surface area contributed by atoms with E-state index in [0.717, 1.165) is 0 Å². The van der Waals surface area contributed by atoms with Crippen molar-refractivity contribution < 1.29 is 9.59 Å². The quantitative estimate of drug-likeness (QED) is 0.503. The first-order valence-corrected chi connectivity index (χ1v) is 3.69. The summed E-state index contributed by atoms with van der Waals surface area (Å²) in [5.74, 6) is -0.172. The molecule has 1 rings (SSSR count). The van der Waals surface area contributed by atoms with Crippen LogP contribution in [0.25, 0.3) is 0 Å². The molecule has 0 heterocycles. The van der Waals surface area contributed by atoms with Crippen molar-refractivity contribution in [2.75, 3.05) is 0 Å². The lowest BCUT2D eigenvalue weighted by Gasteiger charge is -1.98. The van der Waals surface area contributed by atoms with E-state index in [-0.39, 0.29) is 11.3 Å². The van der Waals surface area contributed by atoms with Crippen LogP contribution in [0.2, 0.25) is 0 Å². The highest BCUT2D eigenvalue weighted by Crippen LogP contribution is 2.10. The minimum absolute atomic E-state index is 0.172. The van der Waals surface area contributed by atoms with Gasteiger partial charge in [0.05, 0.1) is 11.6 Å². The molecule has 0 fully saturated rings. The second kappa shape index (κ2) is 3.63. The highest BCUT2D eigenvalue weighted by atomic mass is 16.1. The summed E-state index contributed by atoms with van der Waals surface area (Å²) in [7, 11) is 0. The molecule has 3 nitrogen and oxygen atoms in total. The van der Waals surface area contributed by atoms with Crippen LogP contribution in [0.3, 0.4) is 0 Å². The molecule has 0 atom stereocenters. The number of ketones is 1. The summed E-state index contributed by atoms with van der Waals surface area (Å²) < 4.78 is 0. The van der Waals surface area contributed by atoms with E-state index in [1.807, 2.05) is 6.07 Å². The predicted octanol–water partition coefficient (Wildman–Crippen LogP) is 1.57. The van der Waals surface area contributed by atoms with E-state index in [4.69, 9.17) is 5.26 Å². The van der Waals surface area contributed by atoms with Gasteiger partial charge in [-0.15, -0.1) is 0 Å². The summed E-state index contributed by atoms with van der Waals surface area (Å²) >= 11 is 0. The minimum atomic E-state index is -0.172. The Labute approximate surface area is 75.6 Å². The maximum atomic E-state index is 11.0. The van der Waals surface area contributed by atoms with Crippen molar-refractivity contribution in [3.05, 3.63) is 34.9 Å². The lowest BCUT2D eigenvalue weighted by atomic mass is 10.0. The second-order valence-electron chi connectivity index (χ2n) is 2.59. The smallest absolute Gasteiger partial charge is 0.161 e. The van der Waals surface area contributed by atoms with Gasteiger partial charge in [0.25, 0.3) is 0 Å². The summed E-state index contributed by atoms with van der Waals surface area (Å²) in [5, 5.41) is 8.67. The predicted molar refractivity (Wildman–Crippen MR) is 46.5 cm³/mol. The van der Waals surface area contributed by atoms with Crippen LogP contribution in [0, 0.1) is 11.3 Å². The van der Waals surface area contributed by atoms with Gasteiger partial charge in [-0.3, -0.25) is 9.59 Å². The zero-order chi connectivity index (χ0) is 9.84. The van der Waals surface area contributed by atoms with Gasteiger partial charge in [0.2, 0.25) is 0 Å². The van der Waals surface area contributed by atoms with Crippen LogP contribution < -0.4 is 0 Å². The molecule has 0 aliphatic carbocycles. The van der Waals surface area contributed by atoms with E-state index < -0.39 is 0 Å². The third-order valence-corrected chi connectivity index (χ3v) is 1.68. The van der Waals surface area contributed by atoms with Crippen LogP contribution in [0.15, 0.2) is 18.2 Å². The van der Waals surface area contributed by atoms with Crippen molar-refractivity contribution in [2.45, 2.75) is 6.92 Å². The molecule has 3 heteroatoms. The molecule has 13 heavy (non-hydrogen) atoms. The Morgan fingerprint density at radius 2 is 2.23 bits per heavy atom. The summed E-state index contributed by atoms with van der Waals surface area (Å²) in [6, 6.07) is 6.29. The molecular weight excluding hydrogens is 166 g/mol. The fourth-order valence-corrected chi connectivity index (χ4v) is 1.03. The van der Waals surface area contributed by atoms with Crippen LogP contribution in [-0.2, 0) is 0 Å². The maximum Gasteiger partial charge on any atom is 0.161 e. The topological polar surface area (TPSA) is 57.9 Å². The lowest BCUT2D eigenvalue weighted by Crippen LogP contribution is -1.97. The number of aldehydes is 1. The molecule has 0 saturated carbocycles. The Kier molecular flexibility index (Phi) is 2.56. The second-order valence-corrected chi connectivity index (χ2v) is 2.59. The van der Waals surface area contributed by atoms with Crippen LogP contribution in [0.4, 0.5) is 0 Å². The molecule has 0 spiro atoms. The SMILES string of the molecule is CC(=O)c1ccc(C=O)cc1C#N. The number of carbonyl (C=O) groups is 2. The molecule has 0 saturated heterocycles. The molecule has 1 aromatic rings. The molecule has 64 valence electrons. The Morgan fingerprint density at radius 1 is 1.54 bits per heavy atom. The Hall–Kier alpha value is -1.95. The first-order valence-electron chi connectivity index (χ1n) is 3.69. The summed E-state index contributed by atoms with van der Waals surface area (Å²) in [6.07, 6.45) is 0.644. The first kappa shape index (κ1) is 9.14. The van der Waals surface area contributed by atoms with Gasteiger partial charge in [-0.1, -0.05) is 6.07 Å². The lowest BCUT2D eigenvalue weighted by molar-refractivity contribution is 0.101. The number of carbonyl (C=O) groups excluding carboxylic acids is 2. The average Bonchev–Trinajstić information content (AvgIpc) is 2.16. The van der Waals surface area contributed by atoms with Gasteiger partial charge in [0.1, 0.15) is 6.29 Å². The van der Waals surface area contributed by atoms with E-state index in [1.54, 1.807) is 0 Å². The van der Waals surface area contributed by atoms with Gasteiger partial charge in [-0.05, 0) is 19.1 Å². The molecule has 0 N–H and O–H groups in total. The molecule has 0 aliphatic heterocycles. The maximum absolute atomic E-state index is 11.0. The molecule has 0 radical (unpaired) electrons. The van der Waals surface area contributed by atoms with Gasteiger partial charge in [0.15, 0.2) is 5.78 Å². The molecule has 0 amide bonds. The number of hydrogen-bond donors (Lipinski definition) is 0. The van der Waals surface area contributed by atoms with Gasteiger partial charge in [-0.2, -0.15) is 5.26 Å². The number of benzene rings is 1. The van der Waals surface area contributed by atoms with E-state index in [9.17, 15) is 9.59 Å². The number of hydrogen-bond acceptors (Lipinski definition) is 3. The average molecular weight is 173 g/mol. The Balaban J connectivity index is 3.33. The van der Waals surface area contributed by atoms with Crippen LogP contribution >= 0.6 is 0 Å². The highest BCUT2D eigenvalue weighted by molar-refractivity contribution is 5.97. The number of Topliss-reactive ketones (excluding diaryl/α,β-unsaturated/α-hetero) is 1. The molecule has 0 unspecified atom stereocenters. The first-order chi connectivity index (χ1) is 6.19. The monoisotopic (exact) mass is 173 g/mol. The zero-order valence-corrected chi connectivity index (χ0v) is 7.07. The highest BCUT2D eigenvalue weighted by Gasteiger charge is 2.06. The normalized spacial score (nSPS) is 8.92. The third-order valence-electron chi connectivity index (χ3n) is 1.68. The molecule has 1 aromatic carbocycles. The fourth-order valence-electron chi connectivity index (χ4n) is 1.03. The molecule has 0 aliphatic rings. The fraction of sp³-hybridized carbons (Fsp3) is 0.100. The van der Waals surface area contributed by atoms with Gasteiger partial charge in [-0.25, -0.2) is 0 Å². The summed E-state index contributed by atoms with van der Waals surface area (Å²) in [4.78, 5) is 21.3. The van der Waals surface area contributed by atoms with Gasteiger partial charge < -0.3 is 0 Å². The minimum Gasteiger partial charge on any atom is -0.298 e. The van der Waals surface area contributed by atoms with Crippen molar-refractivity contribution in [2.24, 2.45) is 0 Å². The third kappa shape index (κ3) is 1.79. The number of rotatable bonds is 2. The molecule has 0 bridgehead atoms. The van der Waals surface area contributed by atoms with Crippen LogP contribution in [0.5, 0.6) is 0 Å². The summed E-state index contributed by atoms with van der Waals surface area (Å²) in [6.45, 7) is 1.39. The Bertz CT molecular complexity index is 402. The van der Waals surface area contributed by atoms with Crippen molar-refractivity contribution >= 4 is 12.1 Å². The largest absolute Gasteiger partial charge is 0.298 e. The number of nitrogens with zero attached hydrogens (tertiary/aromatic N) is 1. The van der Waals surface area contributed by atoms with E-state index in [0.29, 0.717) is 17.4 Å². The van der Waals surface area contributed by atoms with Crippen LogP contribution in [-0.4, -0.2) is 12.1 Å². The van der Waals surface area contributed by atoms with Crippen molar-refractivity contribution in [1.82, 2.24) is 0 Å². The van der Waals surface area contributed by atoms with E-state index in [1.165, 1.54) is 25.1 Å².